The van der Waals surface area contributed by atoms with Gasteiger partial charge in [-0.05, 0) is 38.0 Å². The lowest BCUT2D eigenvalue weighted by Crippen LogP contribution is -2.42. The molecule has 2 aromatic rings. The SMILES string of the molecule is CCC(CO)N(Cc1ccco1)C(=O)c1c(C)[nH]c(C(C)=O)c1C. The lowest BCUT2D eigenvalue weighted by molar-refractivity contribution is 0.0543. The molecule has 1 unspecified atom stereocenters. The van der Waals surface area contributed by atoms with Gasteiger partial charge in [-0.15, -0.1) is 0 Å². The van der Waals surface area contributed by atoms with Gasteiger partial charge in [0, 0.05) is 12.6 Å². The summed E-state index contributed by atoms with van der Waals surface area (Å²) in [6, 6.07) is 3.23. The van der Waals surface area contributed by atoms with Crippen molar-refractivity contribution < 1.29 is 19.1 Å². The van der Waals surface area contributed by atoms with Crippen LogP contribution >= 0.6 is 0 Å². The normalized spacial score (nSPS) is 12.2. The number of carbonyl (C=O) groups excluding carboxylic acids is 2. The lowest BCUT2D eigenvalue weighted by atomic mass is 10.1. The number of rotatable bonds is 7. The number of aromatic amines is 1. The van der Waals surface area contributed by atoms with Gasteiger partial charge in [-0.25, -0.2) is 0 Å². The van der Waals surface area contributed by atoms with E-state index in [1.807, 2.05) is 6.92 Å². The van der Waals surface area contributed by atoms with Gasteiger partial charge in [-0.1, -0.05) is 6.92 Å². The summed E-state index contributed by atoms with van der Waals surface area (Å²) in [7, 11) is 0. The minimum atomic E-state index is -0.322. The molecule has 6 heteroatoms. The second-order valence-electron chi connectivity index (χ2n) is 5.94. The minimum Gasteiger partial charge on any atom is -0.467 e. The van der Waals surface area contributed by atoms with E-state index in [1.165, 1.54) is 6.92 Å². The number of hydrogen-bond acceptors (Lipinski definition) is 4. The molecule has 2 aromatic heterocycles. The molecule has 0 aliphatic carbocycles. The highest BCUT2D eigenvalue weighted by Gasteiger charge is 2.29. The second-order valence-corrected chi connectivity index (χ2v) is 5.94. The van der Waals surface area contributed by atoms with Crippen LogP contribution < -0.4 is 0 Å². The van der Waals surface area contributed by atoms with Gasteiger partial charge in [0.15, 0.2) is 5.78 Å². The number of furan rings is 1. The van der Waals surface area contributed by atoms with Crippen LogP contribution in [0.3, 0.4) is 0 Å². The monoisotopic (exact) mass is 332 g/mol. The summed E-state index contributed by atoms with van der Waals surface area (Å²) in [5.74, 6) is 0.320. The second kappa shape index (κ2) is 7.49. The molecule has 1 atom stereocenters. The number of amides is 1. The van der Waals surface area contributed by atoms with Crippen molar-refractivity contribution in [2.24, 2.45) is 0 Å². The van der Waals surface area contributed by atoms with E-state index in [2.05, 4.69) is 4.98 Å². The van der Waals surface area contributed by atoms with Crippen LogP contribution in [-0.2, 0) is 6.54 Å². The molecule has 2 rings (SSSR count). The molecule has 0 aliphatic heterocycles. The lowest BCUT2D eigenvalue weighted by Gasteiger charge is -2.29. The van der Waals surface area contributed by atoms with Crippen LogP contribution in [0, 0.1) is 13.8 Å². The maximum atomic E-state index is 13.1. The minimum absolute atomic E-state index is 0.110. The fourth-order valence-electron chi connectivity index (χ4n) is 2.95. The number of nitrogens with zero attached hydrogens (tertiary/aromatic N) is 1. The van der Waals surface area contributed by atoms with Crippen molar-refractivity contribution in [2.75, 3.05) is 6.61 Å². The quantitative estimate of drug-likeness (QED) is 0.763. The maximum Gasteiger partial charge on any atom is 0.256 e. The molecule has 0 fully saturated rings. The molecule has 0 bridgehead atoms. The third-order valence-electron chi connectivity index (χ3n) is 4.29. The zero-order chi connectivity index (χ0) is 17.9. The topological polar surface area (TPSA) is 86.5 Å². The van der Waals surface area contributed by atoms with Gasteiger partial charge in [0.2, 0.25) is 0 Å². The zero-order valence-electron chi connectivity index (χ0n) is 14.5. The molecule has 2 heterocycles. The van der Waals surface area contributed by atoms with E-state index in [0.717, 1.165) is 0 Å². The maximum absolute atomic E-state index is 13.1. The van der Waals surface area contributed by atoms with Gasteiger partial charge >= 0.3 is 0 Å². The van der Waals surface area contributed by atoms with Gasteiger partial charge in [0.25, 0.3) is 5.91 Å². The first kappa shape index (κ1) is 18.0. The third-order valence-corrected chi connectivity index (χ3v) is 4.29. The molecule has 0 saturated heterocycles. The van der Waals surface area contributed by atoms with E-state index >= 15 is 0 Å². The number of Topliss-reactive ketones (excluding diaryl/α,β-unsaturated/α-hetero) is 1. The van der Waals surface area contributed by atoms with Gasteiger partial charge < -0.3 is 19.4 Å². The van der Waals surface area contributed by atoms with Gasteiger partial charge in [-0.2, -0.15) is 0 Å². The highest BCUT2D eigenvalue weighted by molar-refractivity contribution is 6.02. The van der Waals surface area contributed by atoms with Crippen LogP contribution in [0.5, 0.6) is 0 Å². The van der Waals surface area contributed by atoms with Crippen LogP contribution in [-0.4, -0.2) is 39.3 Å². The number of aliphatic hydroxyl groups excluding tert-OH is 1. The number of aliphatic hydroxyl groups is 1. The van der Waals surface area contributed by atoms with E-state index < -0.39 is 0 Å². The van der Waals surface area contributed by atoms with E-state index in [4.69, 9.17) is 4.42 Å². The summed E-state index contributed by atoms with van der Waals surface area (Å²) in [6.45, 7) is 7.06. The number of H-pyrrole nitrogens is 1. The first-order valence-corrected chi connectivity index (χ1v) is 8.04. The molecule has 6 nitrogen and oxygen atoms in total. The molecular weight excluding hydrogens is 308 g/mol. The van der Waals surface area contributed by atoms with Crippen LogP contribution in [0.15, 0.2) is 22.8 Å². The smallest absolute Gasteiger partial charge is 0.256 e. The number of hydrogen-bond donors (Lipinski definition) is 2. The average Bonchev–Trinajstić information content (AvgIpc) is 3.15. The Morgan fingerprint density at radius 3 is 2.54 bits per heavy atom. The first-order valence-electron chi connectivity index (χ1n) is 8.04. The van der Waals surface area contributed by atoms with Gasteiger partial charge in [-0.3, -0.25) is 9.59 Å². The predicted molar refractivity (Wildman–Crippen MR) is 90.0 cm³/mol. The van der Waals surface area contributed by atoms with Crippen molar-refractivity contribution in [3.8, 4) is 0 Å². The van der Waals surface area contributed by atoms with Crippen molar-refractivity contribution in [1.82, 2.24) is 9.88 Å². The molecule has 130 valence electrons. The summed E-state index contributed by atoms with van der Waals surface area (Å²) >= 11 is 0. The van der Waals surface area contributed by atoms with Crippen LogP contribution in [0.25, 0.3) is 0 Å². The summed E-state index contributed by atoms with van der Waals surface area (Å²) in [5, 5.41) is 9.67. The van der Waals surface area contributed by atoms with E-state index in [9.17, 15) is 14.7 Å². The molecule has 0 radical (unpaired) electrons. The number of nitrogens with one attached hydrogen (secondary N) is 1. The molecule has 0 aliphatic rings. The van der Waals surface area contributed by atoms with Crippen molar-refractivity contribution in [3.63, 3.8) is 0 Å². The number of aromatic nitrogens is 1. The summed E-state index contributed by atoms with van der Waals surface area (Å²) in [5.41, 5.74) is 2.23. The highest BCUT2D eigenvalue weighted by Crippen LogP contribution is 2.23. The van der Waals surface area contributed by atoms with Gasteiger partial charge in [0.1, 0.15) is 5.76 Å². The Balaban J connectivity index is 2.42. The molecule has 24 heavy (non-hydrogen) atoms. The largest absolute Gasteiger partial charge is 0.467 e. The third kappa shape index (κ3) is 3.43. The fourth-order valence-corrected chi connectivity index (χ4v) is 2.95. The van der Waals surface area contributed by atoms with Crippen molar-refractivity contribution in [3.05, 3.63) is 46.7 Å². The summed E-state index contributed by atoms with van der Waals surface area (Å²) in [4.78, 5) is 29.5. The van der Waals surface area contributed by atoms with Crippen molar-refractivity contribution in [1.29, 1.82) is 0 Å². The summed E-state index contributed by atoms with van der Waals surface area (Å²) < 4.78 is 5.36. The first-order chi connectivity index (χ1) is 11.4. The molecule has 1 amide bonds. The standard InChI is InChI=1S/C18H24N2O4/c1-5-14(10-21)20(9-15-7-6-8-24-15)18(23)16-11(2)17(13(4)22)19-12(16)3/h6-8,14,19,21H,5,9-10H2,1-4H3. The Hall–Kier alpha value is -2.34. The molecular formula is C18H24N2O4. The van der Waals surface area contributed by atoms with Crippen LogP contribution in [0.2, 0.25) is 0 Å². The Kier molecular flexibility index (Phi) is 5.62. The van der Waals surface area contributed by atoms with Crippen LogP contribution in [0.4, 0.5) is 0 Å². The molecule has 0 aromatic carbocycles. The molecule has 2 N–H and O–H groups in total. The Labute approximate surface area is 141 Å². The van der Waals surface area contributed by atoms with E-state index in [0.29, 0.717) is 34.7 Å². The fraction of sp³-hybridized carbons (Fsp3) is 0.444. The zero-order valence-corrected chi connectivity index (χ0v) is 14.5. The number of carbonyl (C=O) groups is 2. The average molecular weight is 332 g/mol. The Morgan fingerprint density at radius 2 is 2.08 bits per heavy atom. The number of ketones is 1. The predicted octanol–water partition coefficient (Wildman–Crippen LogP) is 2.84. The van der Waals surface area contributed by atoms with Gasteiger partial charge in [0.05, 0.1) is 36.7 Å². The Morgan fingerprint density at radius 1 is 1.38 bits per heavy atom. The Bertz CT molecular complexity index is 712. The van der Waals surface area contributed by atoms with Crippen molar-refractivity contribution in [2.45, 2.75) is 46.7 Å². The van der Waals surface area contributed by atoms with E-state index in [1.54, 1.807) is 37.1 Å². The summed E-state index contributed by atoms with van der Waals surface area (Å²) in [6.07, 6.45) is 2.17. The van der Waals surface area contributed by atoms with Crippen molar-refractivity contribution >= 4 is 11.7 Å². The number of aryl methyl sites for hydroxylation is 1. The molecule has 0 spiro atoms. The van der Waals surface area contributed by atoms with E-state index in [-0.39, 0.29) is 30.9 Å². The molecule has 0 saturated carbocycles. The highest BCUT2D eigenvalue weighted by atomic mass is 16.3. The van der Waals surface area contributed by atoms with Crippen LogP contribution in [0.1, 0.15) is 58.1 Å².